The Morgan fingerprint density at radius 1 is 1.16 bits per heavy atom. The van der Waals surface area contributed by atoms with E-state index in [1.807, 2.05) is 0 Å². The molecule has 19 heavy (non-hydrogen) atoms. The number of Topliss-reactive ketones (excluding diaryl/α,β-unsaturated/α-hetero) is 1. The minimum atomic E-state index is -2.87. The van der Waals surface area contributed by atoms with E-state index in [0.717, 1.165) is 18.2 Å². The maximum Gasteiger partial charge on any atom is 0.337 e. The van der Waals surface area contributed by atoms with Crippen LogP contribution in [0.5, 0.6) is 0 Å². The number of carbonyl (C=O) groups is 2. The lowest BCUT2D eigenvalue weighted by atomic mass is 9.99. The predicted molar refractivity (Wildman–Crippen MR) is 63.3 cm³/mol. The van der Waals surface area contributed by atoms with Gasteiger partial charge in [0.2, 0.25) is 0 Å². The first kappa shape index (κ1) is 15.5. The number of aliphatic carboxylic acids is 1. The second-order valence-electron chi connectivity index (χ2n) is 3.95. The third kappa shape index (κ3) is 3.71. The molecule has 0 amide bonds. The number of carbonyl (C=O) groups excluding carboxylic acids is 1. The average Bonchev–Trinajstić information content (AvgIpc) is 2.35. The first-order valence-corrected chi connectivity index (χ1v) is 5.66. The number of alkyl halides is 3. The Kier molecular flexibility index (Phi) is 4.97. The summed E-state index contributed by atoms with van der Waals surface area (Å²) in [6.45, 7) is 1.18. The van der Waals surface area contributed by atoms with Crippen LogP contribution in [0.15, 0.2) is 18.2 Å². The molecule has 0 saturated heterocycles. The molecule has 2 unspecified atom stereocenters. The third-order valence-electron chi connectivity index (χ3n) is 2.45. The van der Waals surface area contributed by atoms with Crippen molar-refractivity contribution in [2.45, 2.75) is 24.8 Å². The molecule has 104 valence electrons. The van der Waals surface area contributed by atoms with Gasteiger partial charge in [-0.25, -0.2) is 13.6 Å². The van der Waals surface area contributed by atoms with E-state index in [9.17, 15) is 23.5 Å². The zero-order valence-corrected chi connectivity index (χ0v) is 10.6. The monoisotopic (exact) mass is 292 g/mol. The molecule has 0 radical (unpaired) electrons. The topological polar surface area (TPSA) is 74.6 Å². The number of rotatable bonds is 5. The van der Waals surface area contributed by atoms with Crippen LogP contribution in [0.2, 0.25) is 0 Å². The molecule has 1 aromatic rings. The van der Waals surface area contributed by atoms with Crippen LogP contribution in [0.1, 0.15) is 41.5 Å². The van der Waals surface area contributed by atoms with Crippen molar-refractivity contribution in [3.63, 3.8) is 0 Å². The Bertz CT molecular complexity index is 466. The zero-order chi connectivity index (χ0) is 14.7. The molecule has 2 N–H and O–H groups in total. The zero-order valence-electron chi connectivity index (χ0n) is 9.81. The van der Waals surface area contributed by atoms with Crippen molar-refractivity contribution < 1.29 is 28.6 Å². The van der Waals surface area contributed by atoms with E-state index in [4.69, 9.17) is 16.7 Å². The summed E-state index contributed by atoms with van der Waals surface area (Å²) in [7, 11) is 0. The molecule has 0 aliphatic rings. The lowest BCUT2D eigenvalue weighted by molar-refractivity contribution is -0.147. The van der Waals surface area contributed by atoms with Crippen molar-refractivity contribution in [3.05, 3.63) is 34.9 Å². The number of ketones is 1. The van der Waals surface area contributed by atoms with Crippen LogP contribution in [0.4, 0.5) is 8.78 Å². The SMILES string of the molecule is CC(=O)C(Cl)c1cc(C(F)F)cc(C(O)C(=O)O)c1. The van der Waals surface area contributed by atoms with Crippen LogP contribution in [0.25, 0.3) is 0 Å². The molecular formula is C12H11ClF2O4. The third-order valence-corrected chi connectivity index (χ3v) is 3.01. The van der Waals surface area contributed by atoms with E-state index in [1.165, 1.54) is 6.92 Å². The maximum absolute atomic E-state index is 12.7. The average molecular weight is 293 g/mol. The Balaban J connectivity index is 3.33. The molecule has 0 bridgehead atoms. The summed E-state index contributed by atoms with van der Waals surface area (Å²) < 4.78 is 25.4. The lowest BCUT2D eigenvalue weighted by Crippen LogP contribution is -2.12. The Hall–Kier alpha value is -1.53. The number of hydrogen-bond donors (Lipinski definition) is 2. The van der Waals surface area contributed by atoms with Gasteiger partial charge >= 0.3 is 5.97 Å². The maximum atomic E-state index is 12.7. The number of halogens is 3. The highest BCUT2D eigenvalue weighted by atomic mass is 35.5. The van der Waals surface area contributed by atoms with Gasteiger partial charge in [-0.05, 0) is 30.2 Å². The molecule has 7 heteroatoms. The Labute approximate surface area is 112 Å². The summed E-state index contributed by atoms with van der Waals surface area (Å²) in [6.07, 6.45) is -4.82. The van der Waals surface area contributed by atoms with Crippen LogP contribution in [0, 0.1) is 0 Å². The smallest absolute Gasteiger partial charge is 0.337 e. The van der Waals surface area contributed by atoms with Crippen molar-refractivity contribution in [1.29, 1.82) is 0 Å². The normalized spacial score (nSPS) is 14.2. The van der Waals surface area contributed by atoms with Gasteiger partial charge in [0.15, 0.2) is 11.9 Å². The second kappa shape index (κ2) is 6.08. The number of aliphatic hydroxyl groups excluding tert-OH is 1. The van der Waals surface area contributed by atoms with Gasteiger partial charge in [-0.3, -0.25) is 4.79 Å². The van der Waals surface area contributed by atoms with E-state index in [2.05, 4.69) is 0 Å². The Morgan fingerprint density at radius 3 is 2.05 bits per heavy atom. The van der Waals surface area contributed by atoms with Gasteiger partial charge < -0.3 is 10.2 Å². The van der Waals surface area contributed by atoms with E-state index >= 15 is 0 Å². The van der Waals surface area contributed by atoms with Crippen molar-refractivity contribution in [2.75, 3.05) is 0 Å². The van der Waals surface area contributed by atoms with Gasteiger partial charge in [0.1, 0.15) is 5.38 Å². The lowest BCUT2D eigenvalue weighted by Gasteiger charge is -2.13. The summed E-state index contributed by atoms with van der Waals surface area (Å²) in [5.74, 6) is -2.05. The van der Waals surface area contributed by atoms with E-state index in [-0.39, 0.29) is 11.1 Å². The molecule has 0 heterocycles. The van der Waals surface area contributed by atoms with E-state index in [1.54, 1.807) is 0 Å². The number of carboxylic acid groups (broad SMARTS) is 1. The van der Waals surface area contributed by atoms with Gasteiger partial charge in [0.25, 0.3) is 6.43 Å². The number of hydrogen-bond acceptors (Lipinski definition) is 3. The summed E-state index contributed by atoms with van der Waals surface area (Å²) in [5, 5.41) is 16.9. The van der Waals surface area contributed by atoms with Crippen LogP contribution in [0.3, 0.4) is 0 Å². The van der Waals surface area contributed by atoms with Crippen molar-refractivity contribution in [3.8, 4) is 0 Å². The highest BCUT2D eigenvalue weighted by molar-refractivity contribution is 6.30. The van der Waals surface area contributed by atoms with Crippen molar-refractivity contribution in [2.24, 2.45) is 0 Å². The highest BCUT2D eigenvalue weighted by Gasteiger charge is 2.22. The van der Waals surface area contributed by atoms with Crippen LogP contribution < -0.4 is 0 Å². The summed E-state index contributed by atoms with van der Waals surface area (Å²) >= 11 is 5.75. The second-order valence-corrected chi connectivity index (χ2v) is 4.38. The molecule has 0 aliphatic heterocycles. The molecule has 0 fully saturated rings. The predicted octanol–water partition coefficient (Wildman–Crippen LogP) is 2.61. The fourth-order valence-corrected chi connectivity index (χ4v) is 1.64. The number of carboxylic acids is 1. The number of aliphatic hydroxyl groups is 1. The fourth-order valence-electron chi connectivity index (χ4n) is 1.51. The molecule has 0 aliphatic carbocycles. The van der Waals surface area contributed by atoms with Gasteiger partial charge in [-0.2, -0.15) is 0 Å². The van der Waals surface area contributed by atoms with Gasteiger partial charge in [0.05, 0.1) is 0 Å². The summed E-state index contributed by atoms with van der Waals surface area (Å²) in [6, 6.07) is 3.02. The molecule has 1 aromatic carbocycles. The van der Waals surface area contributed by atoms with Crippen LogP contribution >= 0.6 is 11.6 Å². The number of benzene rings is 1. The highest BCUT2D eigenvalue weighted by Crippen LogP contribution is 2.30. The van der Waals surface area contributed by atoms with Crippen molar-refractivity contribution in [1.82, 2.24) is 0 Å². The van der Waals surface area contributed by atoms with Gasteiger partial charge in [-0.1, -0.05) is 6.07 Å². The first-order valence-electron chi connectivity index (χ1n) is 5.22. The first-order chi connectivity index (χ1) is 8.73. The molecule has 0 saturated carbocycles. The Morgan fingerprint density at radius 2 is 1.63 bits per heavy atom. The fraction of sp³-hybridized carbons (Fsp3) is 0.333. The van der Waals surface area contributed by atoms with Gasteiger partial charge in [0, 0.05) is 5.56 Å². The molecule has 4 nitrogen and oxygen atoms in total. The summed E-state index contributed by atoms with van der Waals surface area (Å²) in [4.78, 5) is 21.8. The van der Waals surface area contributed by atoms with E-state index < -0.39 is 35.2 Å². The van der Waals surface area contributed by atoms with E-state index in [0.29, 0.717) is 0 Å². The largest absolute Gasteiger partial charge is 0.479 e. The van der Waals surface area contributed by atoms with Crippen LogP contribution in [-0.4, -0.2) is 22.0 Å². The minimum Gasteiger partial charge on any atom is -0.479 e. The minimum absolute atomic E-state index is 0.0299. The van der Waals surface area contributed by atoms with Crippen molar-refractivity contribution >= 4 is 23.4 Å². The molecule has 2 atom stereocenters. The molecule has 0 spiro atoms. The molecule has 0 aromatic heterocycles. The summed E-state index contributed by atoms with van der Waals surface area (Å²) in [5.41, 5.74) is -0.714. The molecular weight excluding hydrogens is 282 g/mol. The van der Waals surface area contributed by atoms with Gasteiger partial charge in [-0.15, -0.1) is 11.6 Å². The quantitative estimate of drug-likeness (QED) is 0.818. The molecule has 1 rings (SSSR count). The van der Waals surface area contributed by atoms with Crippen LogP contribution in [-0.2, 0) is 9.59 Å². The standard InChI is InChI=1S/C12H11ClF2O4/c1-5(16)9(13)6-2-7(10(17)12(18)19)4-8(3-6)11(14)15/h2-4,9-11,17H,1H3,(H,18,19).